The summed E-state index contributed by atoms with van der Waals surface area (Å²) in [6.45, 7) is 6.29. The molecule has 1 amide bonds. The van der Waals surface area contributed by atoms with Gasteiger partial charge in [-0.2, -0.15) is 4.98 Å². The number of amides is 1. The minimum absolute atomic E-state index is 0.196. The molecule has 1 aromatic rings. The van der Waals surface area contributed by atoms with Crippen molar-refractivity contribution in [2.45, 2.75) is 51.5 Å². The summed E-state index contributed by atoms with van der Waals surface area (Å²) in [5, 5.41) is 10.5. The highest BCUT2D eigenvalue weighted by molar-refractivity contribution is 5.84. The van der Waals surface area contributed by atoms with Gasteiger partial charge < -0.3 is 15.2 Å². The molecule has 0 unspecified atom stereocenters. The lowest BCUT2D eigenvalue weighted by molar-refractivity contribution is -0.130. The summed E-state index contributed by atoms with van der Waals surface area (Å²) in [5.74, 6) is 1.96. The molecule has 0 bridgehead atoms. The van der Waals surface area contributed by atoms with Gasteiger partial charge in [-0.25, -0.2) is 0 Å². The van der Waals surface area contributed by atoms with E-state index in [2.05, 4.69) is 25.7 Å². The molecule has 3 aliphatic rings. The fourth-order valence-electron chi connectivity index (χ4n) is 4.83. The van der Waals surface area contributed by atoms with E-state index >= 15 is 0 Å². The van der Waals surface area contributed by atoms with Crippen LogP contribution < -0.4 is 10.6 Å². The Morgan fingerprint density at radius 3 is 3.04 bits per heavy atom. The van der Waals surface area contributed by atoms with Crippen molar-refractivity contribution in [3.63, 3.8) is 0 Å². The molecular weight excluding hydrogens is 318 g/mol. The average molecular weight is 347 g/mol. The van der Waals surface area contributed by atoms with Gasteiger partial charge in [0.15, 0.2) is 5.82 Å². The molecule has 0 spiro atoms. The number of likely N-dealkylation sites (tertiary alicyclic amines) is 1. The maximum atomic E-state index is 13.0. The predicted molar refractivity (Wildman–Crippen MR) is 93.0 cm³/mol. The Balaban J connectivity index is 1.34. The van der Waals surface area contributed by atoms with E-state index in [0.717, 1.165) is 32.6 Å². The summed E-state index contributed by atoms with van der Waals surface area (Å²) < 4.78 is 5.12. The number of nitrogens with one attached hydrogen (secondary N) is 2. The molecule has 1 saturated carbocycles. The third-order valence-electron chi connectivity index (χ3n) is 6.29. The fourth-order valence-corrected chi connectivity index (χ4v) is 4.83. The number of fused-ring (bicyclic) bond motifs is 1. The highest BCUT2D eigenvalue weighted by Crippen LogP contribution is 2.42. The summed E-state index contributed by atoms with van der Waals surface area (Å²) in [6, 6.07) is 0.696. The molecule has 7 heteroatoms. The van der Waals surface area contributed by atoms with Crippen LogP contribution in [0.15, 0.2) is 4.52 Å². The minimum Gasteiger partial charge on any atom is -0.355 e. The molecule has 2 atom stereocenters. The zero-order chi connectivity index (χ0) is 17.3. The Morgan fingerprint density at radius 1 is 1.44 bits per heavy atom. The molecule has 2 saturated heterocycles. The number of carbonyl (C=O) groups is 1. The van der Waals surface area contributed by atoms with Gasteiger partial charge in [-0.3, -0.25) is 9.69 Å². The van der Waals surface area contributed by atoms with E-state index in [1.807, 2.05) is 6.92 Å². The zero-order valence-electron chi connectivity index (χ0n) is 15.1. The van der Waals surface area contributed by atoms with Crippen LogP contribution in [0.4, 0.5) is 0 Å². The van der Waals surface area contributed by atoms with Crippen molar-refractivity contribution in [2.75, 3.05) is 32.7 Å². The monoisotopic (exact) mass is 347 g/mol. The number of aryl methyl sites for hydroxylation is 1. The lowest BCUT2D eigenvalue weighted by Crippen LogP contribution is -2.48. The maximum absolute atomic E-state index is 13.0. The van der Waals surface area contributed by atoms with Crippen LogP contribution in [0.2, 0.25) is 0 Å². The molecular formula is C18H29N5O2. The smallest absolute Gasteiger partial charge is 0.229 e. The number of nitrogens with zero attached hydrogens (tertiary/aromatic N) is 3. The number of aromatic nitrogens is 2. The van der Waals surface area contributed by atoms with E-state index in [1.54, 1.807) is 0 Å². The van der Waals surface area contributed by atoms with Crippen molar-refractivity contribution in [3.05, 3.63) is 11.7 Å². The van der Waals surface area contributed by atoms with Crippen LogP contribution in [-0.2, 0) is 17.6 Å². The number of carbonyl (C=O) groups excluding carboxylic acids is 1. The molecule has 7 nitrogen and oxygen atoms in total. The summed E-state index contributed by atoms with van der Waals surface area (Å²) in [5.41, 5.74) is -0.256. The lowest BCUT2D eigenvalue weighted by atomic mass is 9.80. The van der Waals surface area contributed by atoms with Gasteiger partial charge in [0.1, 0.15) is 0 Å². The van der Waals surface area contributed by atoms with Crippen molar-refractivity contribution in [3.8, 4) is 0 Å². The molecule has 138 valence electrons. The summed E-state index contributed by atoms with van der Waals surface area (Å²) in [7, 11) is 0. The van der Waals surface area contributed by atoms with E-state index in [-0.39, 0.29) is 11.3 Å². The standard InChI is InChI=1S/C18H29N5O2/c1-2-16-21-15(22-25-16)7-8-20-17(24)18-11-19-9-13(18)10-23(12-18)14-5-3-4-6-14/h13-14,19H,2-12H2,1H3,(H,20,24)/t13-,18-/m0/s1. The molecule has 4 rings (SSSR count). The molecule has 2 aliphatic heterocycles. The summed E-state index contributed by atoms with van der Waals surface area (Å²) in [6.07, 6.45) is 6.65. The molecule has 1 aromatic heterocycles. The Hall–Kier alpha value is -1.47. The lowest BCUT2D eigenvalue weighted by Gasteiger charge is -2.29. The molecule has 1 aliphatic carbocycles. The number of rotatable bonds is 6. The Bertz CT molecular complexity index is 612. The van der Waals surface area contributed by atoms with Crippen LogP contribution in [0.5, 0.6) is 0 Å². The van der Waals surface area contributed by atoms with E-state index < -0.39 is 0 Å². The van der Waals surface area contributed by atoms with Crippen molar-refractivity contribution in [2.24, 2.45) is 11.3 Å². The topological polar surface area (TPSA) is 83.3 Å². The van der Waals surface area contributed by atoms with E-state index in [0.29, 0.717) is 36.6 Å². The summed E-state index contributed by atoms with van der Waals surface area (Å²) >= 11 is 0. The first-order valence-electron chi connectivity index (χ1n) is 9.76. The van der Waals surface area contributed by atoms with Gasteiger partial charge in [0.05, 0.1) is 5.41 Å². The van der Waals surface area contributed by atoms with Gasteiger partial charge in [0.2, 0.25) is 11.8 Å². The molecule has 0 radical (unpaired) electrons. The van der Waals surface area contributed by atoms with Gasteiger partial charge in [-0.05, 0) is 12.8 Å². The van der Waals surface area contributed by atoms with Gasteiger partial charge >= 0.3 is 0 Å². The first-order valence-corrected chi connectivity index (χ1v) is 9.76. The first kappa shape index (κ1) is 17.0. The highest BCUT2D eigenvalue weighted by atomic mass is 16.5. The second-order valence-corrected chi connectivity index (χ2v) is 7.82. The van der Waals surface area contributed by atoms with Gasteiger partial charge in [0, 0.05) is 57.5 Å². The Morgan fingerprint density at radius 2 is 2.28 bits per heavy atom. The zero-order valence-corrected chi connectivity index (χ0v) is 15.1. The van der Waals surface area contributed by atoms with Crippen LogP contribution in [0, 0.1) is 11.3 Å². The molecule has 2 N–H and O–H groups in total. The van der Waals surface area contributed by atoms with E-state index in [9.17, 15) is 4.79 Å². The number of hydrogen-bond acceptors (Lipinski definition) is 6. The van der Waals surface area contributed by atoms with Crippen LogP contribution in [-0.4, -0.2) is 59.7 Å². The van der Waals surface area contributed by atoms with Gasteiger partial charge in [0.25, 0.3) is 0 Å². The first-order chi connectivity index (χ1) is 12.2. The third kappa shape index (κ3) is 3.19. The number of hydrogen-bond donors (Lipinski definition) is 2. The Kier molecular flexibility index (Phi) is 4.78. The predicted octanol–water partition coefficient (Wildman–Crippen LogP) is 0.755. The van der Waals surface area contributed by atoms with Crippen molar-refractivity contribution < 1.29 is 9.32 Å². The van der Waals surface area contributed by atoms with Crippen LogP contribution >= 0.6 is 0 Å². The minimum atomic E-state index is -0.256. The van der Waals surface area contributed by atoms with Gasteiger partial charge in [-0.1, -0.05) is 24.9 Å². The molecule has 25 heavy (non-hydrogen) atoms. The third-order valence-corrected chi connectivity index (χ3v) is 6.29. The largest absolute Gasteiger partial charge is 0.355 e. The van der Waals surface area contributed by atoms with E-state index in [1.165, 1.54) is 25.7 Å². The summed E-state index contributed by atoms with van der Waals surface area (Å²) in [4.78, 5) is 19.9. The maximum Gasteiger partial charge on any atom is 0.229 e. The second-order valence-electron chi connectivity index (χ2n) is 7.82. The van der Waals surface area contributed by atoms with Crippen molar-refractivity contribution >= 4 is 5.91 Å². The highest BCUT2D eigenvalue weighted by Gasteiger charge is 2.55. The average Bonchev–Trinajstić information content (AvgIpc) is 3.36. The Labute approximate surface area is 148 Å². The van der Waals surface area contributed by atoms with Crippen LogP contribution in [0.3, 0.4) is 0 Å². The van der Waals surface area contributed by atoms with E-state index in [4.69, 9.17) is 4.52 Å². The fraction of sp³-hybridized carbons (Fsp3) is 0.833. The van der Waals surface area contributed by atoms with Crippen molar-refractivity contribution in [1.29, 1.82) is 0 Å². The second kappa shape index (κ2) is 7.03. The van der Waals surface area contributed by atoms with Gasteiger partial charge in [-0.15, -0.1) is 0 Å². The molecule has 3 heterocycles. The normalized spacial score (nSPS) is 30.0. The molecule has 0 aromatic carbocycles. The van der Waals surface area contributed by atoms with Crippen LogP contribution in [0.1, 0.15) is 44.3 Å². The van der Waals surface area contributed by atoms with Crippen LogP contribution in [0.25, 0.3) is 0 Å². The van der Waals surface area contributed by atoms with Crippen molar-refractivity contribution in [1.82, 2.24) is 25.7 Å². The quantitative estimate of drug-likeness (QED) is 0.790. The molecule has 3 fully saturated rings. The SMILES string of the molecule is CCc1nc(CCNC(=O)[C@]23CNC[C@H]2CN(C2CCCC2)C3)no1.